The number of rotatable bonds is 2. The molecule has 0 radical (unpaired) electrons. The Labute approximate surface area is 111 Å². The highest BCUT2D eigenvalue weighted by atomic mass is 32.2. The van der Waals surface area contributed by atoms with E-state index in [0.717, 1.165) is 18.2 Å². The van der Waals surface area contributed by atoms with Gasteiger partial charge in [-0.25, -0.2) is 17.2 Å². The standard InChI is InChI=1S/C13H13F2NO2S/c1-13(2,3)19(17,18)11(8-16)6-9-4-5-10(14)7-12(9)15/h4-7H,1-3H3. The fourth-order valence-corrected chi connectivity index (χ4v) is 2.32. The van der Waals surface area contributed by atoms with Crippen LogP contribution in [0.5, 0.6) is 0 Å². The monoisotopic (exact) mass is 285 g/mol. The highest BCUT2D eigenvalue weighted by molar-refractivity contribution is 7.97. The van der Waals surface area contributed by atoms with Crippen LogP contribution >= 0.6 is 0 Å². The van der Waals surface area contributed by atoms with Crippen molar-refractivity contribution in [2.75, 3.05) is 0 Å². The number of halogens is 2. The molecular weight excluding hydrogens is 272 g/mol. The lowest BCUT2D eigenvalue weighted by atomic mass is 10.2. The van der Waals surface area contributed by atoms with Gasteiger partial charge >= 0.3 is 0 Å². The molecule has 102 valence electrons. The van der Waals surface area contributed by atoms with E-state index in [9.17, 15) is 17.2 Å². The topological polar surface area (TPSA) is 57.9 Å². The van der Waals surface area contributed by atoms with Crippen LogP contribution in [0.3, 0.4) is 0 Å². The molecular formula is C13H13F2NO2S. The highest BCUT2D eigenvalue weighted by Crippen LogP contribution is 2.25. The van der Waals surface area contributed by atoms with Crippen LogP contribution < -0.4 is 0 Å². The van der Waals surface area contributed by atoms with E-state index in [2.05, 4.69) is 0 Å². The van der Waals surface area contributed by atoms with E-state index in [4.69, 9.17) is 5.26 Å². The number of sulfone groups is 1. The van der Waals surface area contributed by atoms with Gasteiger partial charge in [-0.05, 0) is 39.0 Å². The molecule has 0 aliphatic carbocycles. The van der Waals surface area contributed by atoms with Crippen molar-refractivity contribution in [1.29, 1.82) is 5.26 Å². The Balaban J connectivity index is 3.41. The Bertz CT molecular complexity index is 665. The van der Waals surface area contributed by atoms with Gasteiger partial charge in [-0.15, -0.1) is 0 Å². The molecule has 0 aromatic heterocycles. The van der Waals surface area contributed by atoms with E-state index in [-0.39, 0.29) is 5.56 Å². The lowest BCUT2D eigenvalue weighted by Gasteiger charge is -2.18. The molecule has 6 heteroatoms. The first-order chi connectivity index (χ1) is 8.59. The Kier molecular flexibility index (Phi) is 4.11. The molecule has 0 saturated carbocycles. The first kappa shape index (κ1) is 15.3. The summed E-state index contributed by atoms with van der Waals surface area (Å²) in [5.41, 5.74) is -0.147. The van der Waals surface area contributed by atoms with Gasteiger partial charge in [-0.3, -0.25) is 0 Å². The molecule has 0 heterocycles. The first-order valence-corrected chi connectivity index (χ1v) is 6.89. The summed E-state index contributed by atoms with van der Waals surface area (Å²) in [6.45, 7) is 4.32. The second-order valence-electron chi connectivity index (χ2n) is 4.90. The second kappa shape index (κ2) is 5.10. The summed E-state index contributed by atoms with van der Waals surface area (Å²) in [6.07, 6.45) is 0.912. The van der Waals surface area contributed by atoms with Crippen LogP contribution in [0.1, 0.15) is 26.3 Å². The third-order valence-corrected chi connectivity index (χ3v) is 4.86. The molecule has 19 heavy (non-hydrogen) atoms. The van der Waals surface area contributed by atoms with Gasteiger partial charge in [0.2, 0.25) is 0 Å². The smallest absolute Gasteiger partial charge is 0.193 e. The number of benzene rings is 1. The maximum absolute atomic E-state index is 13.4. The Hall–Kier alpha value is -1.74. The van der Waals surface area contributed by atoms with E-state index >= 15 is 0 Å². The van der Waals surface area contributed by atoms with Gasteiger partial charge in [0, 0.05) is 11.6 Å². The molecule has 0 unspecified atom stereocenters. The molecule has 0 atom stereocenters. The summed E-state index contributed by atoms with van der Waals surface area (Å²) in [4.78, 5) is -0.550. The van der Waals surface area contributed by atoms with E-state index < -0.39 is 31.1 Å². The summed E-state index contributed by atoms with van der Waals surface area (Å²) >= 11 is 0. The van der Waals surface area contributed by atoms with Crippen molar-refractivity contribution in [2.24, 2.45) is 0 Å². The van der Waals surface area contributed by atoms with Crippen molar-refractivity contribution in [1.82, 2.24) is 0 Å². The molecule has 1 aromatic carbocycles. The molecule has 3 nitrogen and oxygen atoms in total. The van der Waals surface area contributed by atoms with Gasteiger partial charge < -0.3 is 0 Å². The van der Waals surface area contributed by atoms with Gasteiger partial charge in [0.25, 0.3) is 0 Å². The third kappa shape index (κ3) is 3.18. The minimum absolute atomic E-state index is 0.147. The van der Waals surface area contributed by atoms with Crippen molar-refractivity contribution in [2.45, 2.75) is 25.5 Å². The number of hydrogen-bond acceptors (Lipinski definition) is 3. The van der Waals surface area contributed by atoms with Gasteiger partial charge in [0.1, 0.15) is 22.6 Å². The predicted molar refractivity (Wildman–Crippen MR) is 68.6 cm³/mol. The van der Waals surface area contributed by atoms with Crippen molar-refractivity contribution in [3.05, 3.63) is 40.3 Å². The summed E-state index contributed by atoms with van der Waals surface area (Å²) in [5, 5.41) is 8.94. The minimum Gasteiger partial charge on any atom is -0.222 e. The van der Waals surface area contributed by atoms with Crippen molar-refractivity contribution >= 4 is 15.9 Å². The van der Waals surface area contributed by atoms with E-state index in [0.29, 0.717) is 6.07 Å². The van der Waals surface area contributed by atoms with Crippen LogP contribution in [0.2, 0.25) is 0 Å². The van der Waals surface area contributed by atoms with Crippen LogP contribution in [-0.2, 0) is 9.84 Å². The minimum atomic E-state index is -3.87. The Morgan fingerprint density at radius 2 is 1.89 bits per heavy atom. The molecule has 0 spiro atoms. The molecule has 1 aromatic rings. The zero-order valence-corrected chi connectivity index (χ0v) is 11.6. The third-order valence-electron chi connectivity index (χ3n) is 2.45. The van der Waals surface area contributed by atoms with Crippen molar-refractivity contribution < 1.29 is 17.2 Å². The fourth-order valence-electron chi connectivity index (χ4n) is 1.26. The average molecular weight is 285 g/mol. The molecule has 0 saturated heterocycles. The largest absolute Gasteiger partial charge is 0.222 e. The van der Waals surface area contributed by atoms with Crippen LogP contribution in [0.25, 0.3) is 6.08 Å². The lowest BCUT2D eigenvalue weighted by molar-refractivity contribution is 0.568. The number of hydrogen-bond donors (Lipinski definition) is 0. The molecule has 0 aliphatic heterocycles. The van der Waals surface area contributed by atoms with Crippen LogP contribution in [0.4, 0.5) is 8.78 Å². The van der Waals surface area contributed by atoms with Crippen molar-refractivity contribution in [3.8, 4) is 6.07 Å². The van der Waals surface area contributed by atoms with Crippen LogP contribution in [0, 0.1) is 23.0 Å². The van der Waals surface area contributed by atoms with Crippen LogP contribution in [-0.4, -0.2) is 13.2 Å². The molecule has 1 rings (SSSR count). The molecule has 0 aliphatic rings. The Morgan fingerprint density at radius 3 is 2.32 bits per heavy atom. The summed E-state index contributed by atoms with van der Waals surface area (Å²) in [7, 11) is -3.87. The zero-order chi connectivity index (χ0) is 14.8. The highest BCUT2D eigenvalue weighted by Gasteiger charge is 2.33. The van der Waals surface area contributed by atoms with Gasteiger partial charge in [0.05, 0.1) is 4.75 Å². The zero-order valence-electron chi connectivity index (χ0n) is 10.7. The average Bonchev–Trinajstić information content (AvgIpc) is 2.26. The summed E-state index contributed by atoms with van der Waals surface area (Å²) < 4.78 is 49.2. The second-order valence-corrected chi connectivity index (χ2v) is 7.57. The maximum atomic E-state index is 13.4. The summed E-state index contributed by atoms with van der Waals surface area (Å²) in [6, 6.07) is 4.26. The van der Waals surface area contributed by atoms with Gasteiger partial charge in [-0.1, -0.05) is 0 Å². The maximum Gasteiger partial charge on any atom is 0.193 e. The van der Waals surface area contributed by atoms with Crippen molar-refractivity contribution in [3.63, 3.8) is 0 Å². The van der Waals surface area contributed by atoms with Crippen LogP contribution in [0.15, 0.2) is 23.1 Å². The molecule has 0 bridgehead atoms. The van der Waals surface area contributed by atoms with Gasteiger partial charge in [0.15, 0.2) is 9.84 Å². The molecule has 0 fully saturated rings. The van der Waals surface area contributed by atoms with E-state index in [1.54, 1.807) is 6.07 Å². The molecule has 0 amide bonds. The molecule has 0 N–H and O–H groups in total. The SMILES string of the molecule is CC(C)(C)S(=O)(=O)C(C#N)=Cc1ccc(F)cc1F. The lowest BCUT2D eigenvalue weighted by Crippen LogP contribution is -2.28. The number of nitriles is 1. The number of nitrogens with zero attached hydrogens (tertiary/aromatic N) is 1. The van der Waals surface area contributed by atoms with E-state index in [1.165, 1.54) is 20.8 Å². The predicted octanol–water partition coefficient (Wildman–Crippen LogP) is 3.04. The first-order valence-electron chi connectivity index (χ1n) is 5.41. The quantitative estimate of drug-likeness (QED) is 0.785. The summed E-state index contributed by atoms with van der Waals surface area (Å²) in [5.74, 6) is -1.69. The fraction of sp³-hybridized carbons (Fsp3) is 0.308. The normalized spacial score (nSPS) is 13.2. The van der Waals surface area contributed by atoms with Gasteiger partial charge in [-0.2, -0.15) is 5.26 Å². The Morgan fingerprint density at radius 1 is 1.32 bits per heavy atom. The van der Waals surface area contributed by atoms with E-state index in [1.807, 2.05) is 0 Å². The number of allylic oxidation sites excluding steroid dienone is 1.